The number of sulfonamides is 1. The summed E-state index contributed by atoms with van der Waals surface area (Å²) in [5, 5.41) is 0. The summed E-state index contributed by atoms with van der Waals surface area (Å²) in [6.45, 7) is 2.61. The maximum Gasteiger partial charge on any atom is 0.211 e. The minimum atomic E-state index is -3.04. The Kier molecular flexibility index (Phi) is 5.02. The van der Waals surface area contributed by atoms with Crippen molar-refractivity contribution in [3.8, 4) is 0 Å². The Balaban J connectivity index is 2.35. The van der Waals surface area contributed by atoms with Crippen LogP contribution in [0.2, 0.25) is 0 Å². The molecule has 0 atom stereocenters. The highest BCUT2D eigenvalue weighted by Gasteiger charge is 2.23. The van der Waals surface area contributed by atoms with Crippen molar-refractivity contribution in [3.05, 3.63) is 0 Å². The minimum absolute atomic E-state index is 0.143. The number of hydrogen-bond acceptors (Lipinski definition) is 3. The lowest BCUT2D eigenvalue weighted by Crippen LogP contribution is -2.39. The van der Waals surface area contributed by atoms with Gasteiger partial charge in [0.05, 0.1) is 5.75 Å². The normalized spacial score (nSPS) is 27.9. The first-order valence-corrected chi connectivity index (χ1v) is 7.42. The van der Waals surface area contributed by atoms with E-state index in [-0.39, 0.29) is 11.8 Å². The molecule has 1 saturated carbocycles. The van der Waals surface area contributed by atoms with E-state index in [0.29, 0.717) is 12.3 Å². The van der Waals surface area contributed by atoms with E-state index >= 15 is 0 Å². The molecular formula is C10H22N2O2S. The van der Waals surface area contributed by atoms with E-state index in [1.54, 1.807) is 0 Å². The summed E-state index contributed by atoms with van der Waals surface area (Å²) >= 11 is 0. The van der Waals surface area contributed by atoms with Gasteiger partial charge in [-0.15, -0.1) is 0 Å². The maximum absolute atomic E-state index is 11.5. The fourth-order valence-electron chi connectivity index (χ4n) is 2.10. The van der Waals surface area contributed by atoms with Gasteiger partial charge in [0, 0.05) is 6.04 Å². The second kappa shape index (κ2) is 5.82. The highest BCUT2D eigenvalue weighted by Crippen LogP contribution is 2.23. The van der Waals surface area contributed by atoms with Gasteiger partial charge < -0.3 is 5.73 Å². The summed E-state index contributed by atoms with van der Waals surface area (Å²) in [4.78, 5) is 0. The van der Waals surface area contributed by atoms with Gasteiger partial charge >= 0.3 is 0 Å². The van der Waals surface area contributed by atoms with Crippen molar-refractivity contribution in [3.63, 3.8) is 0 Å². The molecule has 15 heavy (non-hydrogen) atoms. The van der Waals surface area contributed by atoms with Crippen LogP contribution in [0.5, 0.6) is 0 Å². The summed E-state index contributed by atoms with van der Waals surface area (Å²) in [5.41, 5.74) is 5.58. The van der Waals surface area contributed by atoms with Crippen molar-refractivity contribution in [1.29, 1.82) is 0 Å². The molecule has 0 heterocycles. The van der Waals surface area contributed by atoms with Gasteiger partial charge in [-0.25, -0.2) is 13.1 Å². The van der Waals surface area contributed by atoms with Crippen molar-refractivity contribution >= 4 is 10.0 Å². The Morgan fingerprint density at radius 2 is 1.87 bits per heavy atom. The Morgan fingerprint density at radius 3 is 2.33 bits per heavy atom. The molecule has 90 valence electrons. The minimum Gasteiger partial charge on any atom is -0.330 e. The van der Waals surface area contributed by atoms with E-state index in [9.17, 15) is 8.42 Å². The van der Waals surface area contributed by atoms with Crippen molar-refractivity contribution in [1.82, 2.24) is 4.72 Å². The topological polar surface area (TPSA) is 72.2 Å². The first-order chi connectivity index (χ1) is 7.07. The van der Waals surface area contributed by atoms with Crippen LogP contribution in [0.1, 0.15) is 39.0 Å². The van der Waals surface area contributed by atoms with Gasteiger partial charge in [0.15, 0.2) is 0 Å². The van der Waals surface area contributed by atoms with Crippen LogP contribution < -0.4 is 10.5 Å². The Morgan fingerprint density at radius 1 is 1.27 bits per heavy atom. The Bertz CT molecular complexity index is 269. The second-order valence-electron chi connectivity index (χ2n) is 4.39. The molecule has 5 heteroatoms. The lowest BCUT2D eigenvalue weighted by Gasteiger charge is -2.27. The lowest BCUT2D eigenvalue weighted by atomic mass is 9.87. The molecule has 1 fully saturated rings. The van der Waals surface area contributed by atoms with Crippen LogP contribution in [0.15, 0.2) is 0 Å². The van der Waals surface area contributed by atoms with Crippen LogP contribution in [-0.2, 0) is 10.0 Å². The van der Waals surface area contributed by atoms with Crippen LogP contribution in [0.25, 0.3) is 0 Å². The van der Waals surface area contributed by atoms with Gasteiger partial charge in [-0.1, -0.05) is 6.92 Å². The highest BCUT2D eigenvalue weighted by molar-refractivity contribution is 7.89. The molecule has 0 aromatic carbocycles. The van der Waals surface area contributed by atoms with Crippen LogP contribution in [0, 0.1) is 5.92 Å². The number of nitrogens with one attached hydrogen (secondary N) is 1. The molecule has 0 aliphatic heterocycles. The number of hydrogen-bond donors (Lipinski definition) is 2. The van der Waals surface area contributed by atoms with Gasteiger partial charge in [-0.2, -0.15) is 0 Å². The predicted octanol–water partition coefficient (Wildman–Crippen LogP) is 0.833. The Hall–Kier alpha value is -0.130. The fraction of sp³-hybridized carbons (Fsp3) is 1.00. The second-order valence-corrected chi connectivity index (χ2v) is 6.26. The summed E-state index contributed by atoms with van der Waals surface area (Å²) in [7, 11) is -3.04. The standard InChI is InChI=1S/C10H22N2O2S/c1-2-7-15(13,14)12-10-5-3-9(8-11)4-6-10/h9-10,12H,2-8,11H2,1H3. The molecule has 0 spiro atoms. The molecule has 0 aromatic rings. The molecule has 0 saturated heterocycles. The van der Waals surface area contributed by atoms with E-state index < -0.39 is 10.0 Å². The zero-order valence-electron chi connectivity index (χ0n) is 9.41. The smallest absolute Gasteiger partial charge is 0.211 e. The van der Waals surface area contributed by atoms with E-state index in [4.69, 9.17) is 5.73 Å². The van der Waals surface area contributed by atoms with Crippen molar-refractivity contribution in [2.45, 2.75) is 45.1 Å². The van der Waals surface area contributed by atoms with Gasteiger partial charge in [-0.05, 0) is 44.6 Å². The molecule has 0 radical (unpaired) electrons. The summed E-state index contributed by atoms with van der Waals surface area (Å²) < 4.78 is 25.8. The largest absolute Gasteiger partial charge is 0.330 e. The summed E-state index contributed by atoms with van der Waals surface area (Å²) in [6, 6.07) is 0.143. The Labute approximate surface area is 92.7 Å². The molecule has 3 N–H and O–H groups in total. The maximum atomic E-state index is 11.5. The van der Waals surface area contributed by atoms with Crippen LogP contribution >= 0.6 is 0 Å². The van der Waals surface area contributed by atoms with Gasteiger partial charge in [-0.3, -0.25) is 0 Å². The molecule has 1 aliphatic carbocycles. The zero-order valence-corrected chi connectivity index (χ0v) is 10.2. The zero-order chi connectivity index (χ0) is 11.3. The van der Waals surface area contributed by atoms with Crippen molar-refractivity contribution < 1.29 is 8.42 Å². The molecule has 0 bridgehead atoms. The summed E-state index contributed by atoms with van der Waals surface area (Å²) in [5.74, 6) is 0.834. The molecule has 0 amide bonds. The average Bonchev–Trinajstić information content (AvgIpc) is 2.18. The van der Waals surface area contributed by atoms with Crippen molar-refractivity contribution in [2.75, 3.05) is 12.3 Å². The third-order valence-corrected chi connectivity index (χ3v) is 4.64. The quantitative estimate of drug-likeness (QED) is 0.740. The van der Waals surface area contributed by atoms with Crippen molar-refractivity contribution in [2.24, 2.45) is 11.7 Å². The van der Waals surface area contributed by atoms with E-state index in [2.05, 4.69) is 4.72 Å². The average molecular weight is 234 g/mol. The highest BCUT2D eigenvalue weighted by atomic mass is 32.2. The third-order valence-electron chi connectivity index (χ3n) is 3.00. The fourth-order valence-corrected chi connectivity index (χ4v) is 3.50. The van der Waals surface area contributed by atoms with Crippen LogP contribution in [0.4, 0.5) is 0 Å². The van der Waals surface area contributed by atoms with Gasteiger partial charge in [0.25, 0.3) is 0 Å². The molecule has 0 aromatic heterocycles. The van der Waals surface area contributed by atoms with E-state index in [1.165, 1.54) is 0 Å². The summed E-state index contributed by atoms with van der Waals surface area (Å²) in [6.07, 6.45) is 4.65. The molecule has 1 rings (SSSR count). The van der Waals surface area contributed by atoms with Crippen LogP contribution in [-0.4, -0.2) is 26.8 Å². The first-order valence-electron chi connectivity index (χ1n) is 5.77. The monoisotopic (exact) mass is 234 g/mol. The number of rotatable bonds is 5. The molecular weight excluding hydrogens is 212 g/mol. The molecule has 1 aliphatic rings. The predicted molar refractivity (Wildman–Crippen MR) is 62.0 cm³/mol. The van der Waals surface area contributed by atoms with E-state index in [1.807, 2.05) is 6.92 Å². The van der Waals surface area contributed by atoms with E-state index in [0.717, 1.165) is 32.2 Å². The van der Waals surface area contributed by atoms with Gasteiger partial charge in [0.2, 0.25) is 10.0 Å². The van der Waals surface area contributed by atoms with Crippen LogP contribution in [0.3, 0.4) is 0 Å². The molecule has 4 nitrogen and oxygen atoms in total. The molecule has 0 unspecified atom stereocenters. The lowest BCUT2D eigenvalue weighted by molar-refractivity contribution is 0.319. The first kappa shape index (κ1) is 12.9. The number of nitrogens with two attached hydrogens (primary N) is 1. The SMILES string of the molecule is CCCS(=O)(=O)NC1CCC(CN)CC1. The third kappa shape index (κ3) is 4.49. The van der Waals surface area contributed by atoms with Gasteiger partial charge in [0.1, 0.15) is 0 Å².